The number of halogens is 1. The monoisotopic (exact) mass is 481 g/mol. The van der Waals surface area contributed by atoms with Gasteiger partial charge in [-0.1, -0.05) is 29.5 Å². The Hall–Kier alpha value is -3.63. The van der Waals surface area contributed by atoms with Crippen LogP contribution < -0.4 is 10.6 Å². The topological polar surface area (TPSA) is 135 Å². The van der Waals surface area contributed by atoms with Crippen molar-refractivity contribution in [3.8, 4) is 0 Å². The smallest absolute Gasteiger partial charge is 0.276 e. The summed E-state index contributed by atoms with van der Waals surface area (Å²) >= 11 is 5.88. The first-order valence-corrected chi connectivity index (χ1v) is 11.0. The van der Waals surface area contributed by atoms with E-state index >= 15 is 0 Å². The molecule has 2 aromatic heterocycles. The van der Waals surface area contributed by atoms with Crippen molar-refractivity contribution in [3.05, 3.63) is 77.6 Å². The fourth-order valence-corrected chi connectivity index (χ4v) is 3.49. The molecular formula is C23H24ClN7O3. The Morgan fingerprint density at radius 2 is 1.85 bits per heavy atom. The Kier molecular flexibility index (Phi) is 6.45. The Morgan fingerprint density at radius 1 is 1.21 bits per heavy atom. The lowest BCUT2D eigenvalue weighted by atomic mass is 10.0. The summed E-state index contributed by atoms with van der Waals surface area (Å²) < 4.78 is 1.65. The van der Waals surface area contributed by atoms with Crippen LogP contribution in [0.15, 0.2) is 55.5 Å². The van der Waals surface area contributed by atoms with Crippen molar-refractivity contribution in [2.45, 2.75) is 31.9 Å². The molecule has 0 bridgehead atoms. The molecule has 1 saturated carbocycles. The number of aliphatic hydroxyl groups is 1. The lowest BCUT2D eigenvalue weighted by Crippen LogP contribution is -2.34. The highest BCUT2D eigenvalue weighted by Gasteiger charge is 2.44. The zero-order chi connectivity index (χ0) is 24.3. The molecule has 1 unspecified atom stereocenters. The number of aromatic nitrogens is 5. The van der Waals surface area contributed by atoms with E-state index in [-0.39, 0.29) is 16.8 Å². The minimum atomic E-state index is -1.27. The maximum absolute atomic E-state index is 12.9. The van der Waals surface area contributed by atoms with E-state index in [0.29, 0.717) is 29.5 Å². The molecule has 0 spiro atoms. The second-order valence-corrected chi connectivity index (χ2v) is 8.99. The number of hydrogen-bond acceptors (Lipinski definition) is 7. The van der Waals surface area contributed by atoms with E-state index in [1.54, 1.807) is 42.1 Å². The van der Waals surface area contributed by atoms with Crippen molar-refractivity contribution in [1.82, 2.24) is 30.3 Å². The van der Waals surface area contributed by atoms with Gasteiger partial charge in [-0.2, -0.15) is 0 Å². The minimum absolute atomic E-state index is 0.0603. The normalized spacial score (nSPS) is 15.7. The van der Waals surface area contributed by atoms with E-state index < -0.39 is 17.4 Å². The predicted octanol–water partition coefficient (Wildman–Crippen LogP) is 2.58. The first-order valence-electron chi connectivity index (χ1n) is 10.6. The number of amides is 2. The third-order valence-electron chi connectivity index (χ3n) is 5.76. The molecule has 0 saturated heterocycles. The maximum Gasteiger partial charge on any atom is 0.276 e. The van der Waals surface area contributed by atoms with Gasteiger partial charge in [-0.15, -0.1) is 5.10 Å². The first kappa shape index (κ1) is 23.5. The van der Waals surface area contributed by atoms with Crippen LogP contribution in [0.5, 0.6) is 0 Å². The van der Waals surface area contributed by atoms with Gasteiger partial charge < -0.3 is 15.7 Å². The molecule has 10 nitrogen and oxygen atoms in total. The Bertz CT molecular complexity index is 1220. The molecule has 3 aromatic rings. The van der Waals surface area contributed by atoms with Crippen molar-refractivity contribution in [2.75, 3.05) is 11.9 Å². The van der Waals surface area contributed by atoms with Crippen LogP contribution in [0.1, 0.15) is 46.4 Å². The number of nitrogens with one attached hydrogen (secondary N) is 2. The fraction of sp³-hybridized carbons (Fsp3) is 0.304. The van der Waals surface area contributed by atoms with Crippen molar-refractivity contribution in [1.29, 1.82) is 0 Å². The molecule has 1 aromatic carbocycles. The molecule has 1 fully saturated rings. The van der Waals surface area contributed by atoms with Crippen LogP contribution in [0.4, 0.5) is 5.69 Å². The SMILES string of the molecule is C=CC(C)(O)c1cn(CC2(CNC(=O)c3nccnc3C(=O)Nc3ccc(Cl)cc3)CC2)nn1. The highest BCUT2D eigenvalue weighted by atomic mass is 35.5. The van der Waals surface area contributed by atoms with Gasteiger partial charge in [0.25, 0.3) is 11.8 Å². The standard InChI is InChI=1S/C23H24ClN7O3/c1-3-22(2,34)17-12-31(30-29-17)14-23(8-9-23)13-27-20(32)18-19(26-11-10-25-18)21(33)28-16-6-4-15(24)5-7-16/h3-7,10-12,34H,1,8-9,13-14H2,2H3,(H,27,32)(H,28,33). The molecule has 0 radical (unpaired) electrons. The Morgan fingerprint density at radius 3 is 2.47 bits per heavy atom. The van der Waals surface area contributed by atoms with E-state index in [0.717, 1.165) is 12.8 Å². The number of rotatable bonds is 9. The molecule has 2 heterocycles. The van der Waals surface area contributed by atoms with Crippen molar-refractivity contribution in [3.63, 3.8) is 0 Å². The molecule has 11 heteroatoms. The zero-order valence-electron chi connectivity index (χ0n) is 18.5. The molecule has 1 aliphatic carbocycles. The number of carbonyl (C=O) groups is 2. The number of anilines is 1. The molecule has 176 valence electrons. The maximum atomic E-state index is 12.9. The lowest BCUT2D eigenvalue weighted by molar-refractivity contribution is 0.0923. The van der Waals surface area contributed by atoms with Gasteiger partial charge in [0.05, 0.1) is 6.20 Å². The van der Waals surface area contributed by atoms with Crippen LogP contribution in [-0.4, -0.2) is 48.4 Å². The molecule has 34 heavy (non-hydrogen) atoms. The van der Waals surface area contributed by atoms with Gasteiger partial charge in [-0.3, -0.25) is 14.3 Å². The summed E-state index contributed by atoms with van der Waals surface area (Å²) in [5, 5.41) is 24.5. The van der Waals surface area contributed by atoms with Crippen LogP contribution in [0.2, 0.25) is 5.02 Å². The molecular weight excluding hydrogens is 458 g/mol. The van der Waals surface area contributed by atoms with Gasteiger partial charge in [0.2, 0.25) is 0 Å². The lowest BCUT2D eigenvalue weighted by Gasteiger charge is -2.16. The molecule has 1 atom stereocenters. The molecule has 1 aliphatic rings. The predicted molar refractivity (Wildman–Crippen MR) is 125 cm³/mol. The Labute approximate surface area is 201 Å². The summed E-state index contributed by atoms with van der Waals surface area (Å²) in [6.45, 7) is 6.09. The average Bonchev–Trinajstić information content (AvgIpc) is 3.43. The highest BCUT2D eigenvalue weighted by molar-refractivity contribution is 6.30. The molecule has 2 amide bonds. The number of nitrogens with zero attached hydrogens (tertiary/aromatic N) is 5. The van der Waals surface area contributed by atoms with E-state index in [1.807, 2.05) is 0 Å². The summed E-state index contributed by atoms with van der Waals surface area (Å²) in [4.78, 5) is 33.7. The number of hydrogen-bond donors (Lipinski definition) is 3. The van der Waals surface area contributed by atoms with Gasteiger partial charge in [0.15, 0.2) is 11.4 Å². The molecule has 4 rings (SSSR count). The van der Waals surface area contributed by atoms with Gasteiger partial charge >= 0.3 is 0 Å². The summed E-state index contributed by atoms with van der Waals surface area (Å²) in [7, 11) is 0. The third-order valence-corrected chi connectivity index (χ3v) is 6.02. The van der Waals surface area contributed by atoms with E-state index in [4.69, 9.17) is 11.6 Å². The summed E-state index contributed by atoms with van der Waals surface area (Å²) in [5.74, 6) is -1.04. The van der Waals surface area contributed by atoms with E-state index in [9.17, 15) is 14.7 Å². The number of carbonyl (C=O) groups excluding carboxylic acids is 2. The van der Waals surface area contributed by atoms with Gasteiger partial charge in [0, 0.05) is 41.6 Å². The fourth-order valence-electron chi connectivity index (χ4n) is 3.37. The number of benzene rings is 1. The average molecular weight is 482 g/mol. The zero-order valence-corrected chi connectivity index (χ0v) is 19.3. The van der Waals surface area contributed by atoms with Crippen molar-refractivity contribution in [2.24, 2.45) is 5.41 Å². The van der Waals surface area contributed by atoms with Gasteiger partial charge in [-0.25, -0.2) is 9.97 Å². The van der Waals surface area contributed by atoms with Crippen molar-refractivity contribution >= 4 is 29.1 Å². The Balaban J connectivity index is 1.40. The van der Waals surface area contributed by atoms with Crippen LogP contribution in [0, 0.1) is 5.41 Å². The van der Waals surface area contributed by atoms with Gasteiger partial charge in [-0.05, 0) is 44.0 Å². The summed E-state index contributed by atoms with van der Waals surface area (Å²) in [6.07, 6.45) is 7.58. The first-order chi connectivity index (χ1) is 16.2. The summed E-state index contributed by atoms with van der Waals surface area (Å²) in [5.41, 5.74) is -0.668. The summed E-state index contributed by atoms with van der Waals surface area (Å²) in [6, 6.07) is 6.59. The minimum Gasteiger partial charge on any atom is -0.380 e. The van der Waals surface area contributed by atoms with Gasteiger partial charge in [0.1, 0.15) is 11.3 Å². The highest BCUT2D eigenvalue weighted by Crippen LogP contribution is 2.46. The largest absolute Gasteiger partial charge is 0.380 e. The second-order valence-electron chi connectivity index (χ2n) is 8.55. The molecule has 0 aliphatic heterocycles. The van der Waals surface area contributed by atoms with Crippen LogP contribution in [-0.2, 0) is 12.1 Å². The van der Waals surface area contributed by atoms with Crippen molar-refractivity contribution < 1.29 is 14.7 Å². The van der Waals surface area contributed by atoms with E-state index in [2.05, 4.69) is 37.5 Å². The second kappa shape index (κ2) is 9.32. The van der Waals surface area contributed by atoms with Crippen LogP contribution in [0.3, 0.4) is 0 Å². The van der Waals surface area contributed by atoms with Crippen LogP contribution in [0.25, 0.3) is 0 Å². The van der Waals surface area contributed by atoms with Crippen LogP contribution >= 0.6 is 11.6 Å². The molecule has 3 N–H and O–H groups in total. The third kappa shape index (κ3) is 5.29. The van der Waals surface area contributed by atoms with E-state index in [1.165, 1.54) is 18.5 Å². The quantitative estimate of drug-likeness (QED) is 0.400.